The quantitative estimate of drug-likeness (QED) is 0.482. The van der Waals surface area contributed by atoms with Crippen LogP contribution in [0.2, 0.25) is 0 Å². The zero-order valence-electron chi connectivity index (χ0n) is 21.3. The van der Waals surface area contributed by atoms with Gasteiger partial charge in [-0.25, -0.2) is 4.98 Å². The number of nitrogens with zero attached hydrogens (tertiary/aromatic N) is 4. The standard InChI is InChI=1S/C28H30F3N5O2/c1-20-3-4-22(15-21(20)6-8-25-17-32-19-34(25)2)27(38)33-24-7-5-23(26(16-24)28(29,30)31)18-36-11-9-35(10-12-36)13-14-37/h3-5,7,15-17,19,37H,9-14,18H2,1-2H3,(H,33,38). The normalized spacial score (nSPS) is 14.7. The molecule has 7 nitrogen and oxygen atoms in total. The van der Waals surface area contributed by atoms with E-state index >= 15 is 0 Å². The number of β-amino-alcohol motifs (C(OH)–C–C–N with tert-alkyl or cyclic N) is 1. The number of aryl methyl sites for hydroxylation is 2. The van der Waals surface area contributed by atoms with E-state index in [1.807, 2.05) is 18.9 Å². The molecule has 0 atom stereocenters. The Morgan fingerprint density at radius 3 is 2.47 bits per heavy atom. The molecule has 38 heavy (non-hydrogen) atoms. The molecule has 2 aromatic carbocycles. The number of imidazole rings is 1. The molecule has 10 heteroatoms. The van der Waals surface area contributed by atoms with Crippen LogP contribution in [0, 0.1) is 18.8 Å². The summed E-state index contributed by atoms with van der Waals surface area (Å²) in [6.07, 6.45) is -1.29. The van der Waals surface area contributed by atoms with Crippen LogP contribution >= 0.6 is 0 Å². The molecule has 2 N–H and O–H groups in total. The average Bonchev–Trinajstić information content (AvgIpc) is 3.29. The van der Waals surface area contributed by atoms with Crippen LogP contribution < -0.4 is 5.32 Å². The van der Waals surface area contributed by atoms with Crippen LogP contribution in [0.3, 0.4) is 0 Å². The molecule has 1 aliphatic rings. The Bertz CT molecular complexity index is 1350. The van der Waals surface area contributed by atoms with Crippen LogP contribution in [0.4, 0.5) is 18.9 Å². The average molecular weight is 526 g/mol. The summed E-state index contributed by atoms with van der Waals surface area (Å²) in [7, 11) is 1.83. The highest BCUT2D eigenvalue weighted by atomic mass is 19.4. The number of piperazine rings is 1. The van der Waals surface area contributed by atoms with Crippen LogP contribution in [0.25, 0.3) is 0 Å². The van der Waals surface area contributed by atoms with E-state index in [9.17, 15) is 18.0 Å². The van der Waals surface area contributed by atoms with Gasteiger partial charge >= 0.3 is 6.18 Å². The lowest BCUT2D eigenvalue weighted by Gasteiger charge is -2.34. The topological polar surface area (TPSA) is 73.6 Å². The van der Waals surface area contributed by atoms with Crippen molar-refractivity contribution >= 4 is 11.6 Å². The van der Waals surface area contributed by atoms with Crippen molar-refractivity contribution in [2.45, 2.75) is 19.6 Å². The Morgan fingerprint density at radius 1 is 1.08 bits per heavy atom. The fraction of sp³-hybridized carbons (Fsp3) is 0.357. The Kier molecular flexibility index (Phi) is 8.52. The van der Waals surface area contributed by atoms with Crippen molar-refractivity contribution in [2.24, 2.45) is 7.05 Å². The number of carbonyl (C=O) groups is 1. The molecule has 0 radical (unpaired) electrons. The number of benzene rings is 2. The smallest absolute Gasteiger partial charge is 0.395 e. The predicted molar refractivity (Wildman–Crippen MR) is 139 cm³/mol. The maximum atomic E-state index is 13.9. The molecule has 1 amide bonds. The number of carbonyl (C=O) groups excluding carboxylic acids is 1. The zero-order chi connectivity index (χ0) is 27.3. The monoisotopic (exact) mass is 525 g/mol. The summed E-state index contributed by atoms with van der Waals surface area (Å²) >= 11 is 0. The molecule has 0 aliphatic carbocycles. The molecule has 2 heterocycles. The minimum Gasteiger partial charge on any atom is -0.395 e. The van der Waals surface area contributed by atoms with Gasteiger partial charge in [0.25, 0.3) is 5.91 Å². The molecule has 0 spiro atoms. The largest absolute Gasteiger partial charge is 0.416 e. The van der Waals surface area contributed by atoms with E-state index in [0.29, 0.717) is 49.5 Å². The highest BCUT2D eigenvalue weighted by molar-refractivity contribution is 6.04. The third kappa shape index (κ3) is 6.81. The number of anilines is 1. The molecule has 3 aromatic rings. The SMILES string of the molecule is Cc1ccc(C(=O)Nc2ccc(CN3CCN(CCO)CC3)c(C(F)(F)F)c2)cc1C#Cc1cncn1C. The molecule has 1 aliphatic heterocycles. The van der Waals surface area contributed by atoms with Crippen molar-refractivity contribution in [2.75, 3.05) is 44.6 Å². The number of alkyl halides is 3. The molecule has 4 rings (SSSR count). The second-order valence-electron chi connectivity index (χ2n) is 9.33. The molecule has 1 saturated heterocycles. The minimum absolute atomic E-state index is 0.0635. The highest BCUT2D eigenvalue weighted by Gasteiger charge is 2.34. The van der Waals surface area contributed by atoms with Gasteiger partial charge in [0.1, 0.15) is 5.69 Å². The third-order valence-electron chi connectivity index (χ3n) is 6.59. The lowest BCUT2D eigenvalue weighted by Crippen LogP contribution is -2.46. The Morgan fingerprint density at radius 2 is 1.82 bits per heavy atom. The summed E-state index contributed by atoms with van der Waals surface area (Å²) in [4.78, 5) is 21.0. The number of aromatic nitrogens is 2. The van der Waals surface area contributed by atoms with E-state index in [1.54, 1.807) is 35.3 Å². The van der Waals surface area contributed by atoms with E-state index in [-0.39, 0.29) is 24.4 Å². The number of aliphatic hydroxyl groups excluding tert-OH is 1. The minimum atomic E-state index is -4.56. The lowest BCUT2D eigenvalue weighted by atomic mass is 10.0. The summed E-state index contributed by atoms with van der Waals surface area (Å²) in [5, 5.41) is 11.7. The van der Waals surface area contributed by atoms with E-state index < -0.39 is 17.6 Å². The van der Waals surface area contributed by atoms with Gasteiger partial charge in [-0.15, -0.1) is 0 Å². The molecular weight excluding hydrogens is 495 g/mol. The Labute approximate surface area is 219 Å². The van der Waals surface area contributed by atoms with E-state index in [2.05, 4.69) is 27.0 Å². The van der Waals surface area contributed by atoms with Gasteiger partial charge in [-0.3, -0.25) is 14.6 Å². The van der Waals surface area contributed by atoms with Gasteiger partial charge in [-0.1, -0.05) is 18.1 Å². The number of aliphatic hydroxyl groups is 1. The van der Waals surface area contributed by atoms with Crippen LogP contribution in [0.5, 0.6) is 0 Å². The molecule has 0 saturated carbocycles. The van der Waals surface area contributed by atoms with Crippen LogP contribution in [0.1, 0.15) is 38.3 Å². The molecule has 1 fully saturated rings. The Hall–Kier alpha value is -3.65. The zero-order valence-corrected chi connectivity index (χ0v) is 21.3. The summed E-state index contributed by atoms with van der Waals surface area (Å²) in [6.45, 7) is 5.29. The number of amides is 1. The first-order valence-electron chi connectivity index (χ1n) is 12.3. The van der Waals surface area contributed by atoms with Gasteiger partial charge in [0.2, 0.25) is 0 Å². The fourth-order valence-electron chi connectivity index (χ4n) is 4.32. The molecular formula is C28H30F3N5O2. The number of nitrogens with one attached hydrogen (secondary N) is 1. The van der Waals surface area contributed by atoms with Crippen molar-refractivity contribution < 1.29 is 23.1 Å². The van der Waals surface area contributed by atoms with E-state index in [0.717, 1.165) is 11.6 Å². The summed E-state index contributed by atoms with van der Waals surface area (Å²) in [5.41, 5.74) is 1.99. The van der Waals surface area contributed by atoms with Crippen LogP contribution in [-0.4, -0.2) is 69.7 Å². The molecule has 200 valence electrons. The maximum Gasteiger partial charge on any atom is 0.416 e. The van der Waals surface area contributed by atoms with E-state index in [4.69, 9.17) is 5.11 Å². The first-order chi connectivity index (χ1) is 18.1. The van der Waals surface area contributed by atoms with Crippen molar-refractivity contribution in [3.8, 4) is 11.8 Å². The highest BCUT2D eigenvalue weighted by Crippen LogP contribution is 2.34. The van der Waals surface area contributed by atoms with Crippen molar-refractivity contribution in [1.82, 2.24) is 19.4 Å². The second-order valence-corrected chi connectivity index (χ2v) is 9.33. The first-order valence-corrected chi connectivity index (χ1v) is 12.3. The van der Waals surface area contributed by atoms with Gasteiger partial charge in [0.15, 0.2) is 0 Å². The molecule has 0 bridgehead atoms. The number of hydrogen-bond donors (Lipinski definition) is 2. The van der Waals surface area contributed by atoms with Gasteiger partial charge in [-0.2, -0.15) is 13.2 Å². The van der Waals surface area contributed by atoms with Crippen LogP contribution in [-0.2, 0) is 19.8 Å². The lowest BCUT2D eigenvalue weighted by molar-refractivity contribution is -0.138. The van der Waals surface area contributed by atoms with Gasteiger partial charge in [0, 0.05) is 63.1 Å². The van der Waals surface area contributed by atoms with Crippen LogP contribution in [0.15, 0.2) is 48.9 Å². The van der Waals surface area contributed by atoms with Gasteiger partial charge in [-0.05, 0) is 48.2 Å². The predicted octanol–water partition coefficient (Wildman–Crippen LogP) is 3.51. The molecule has 1 aromatic heterocycles. The van der Waals surface area contributed by atoms with Crippen molar-refractivity contribution in [3.63, 3.8) is 0 Å². The van der Waals surface area contributed by atoms with E-state index in [1.165, 1.54) is 12.1 Å². The summed E-state index contributed by atoms with van der Waals surface area (Å²) < 4.78 is 43.6. The number of hydrogen-bond acceptors (Lipinski definition) is 5. The number of rotatable bonds is 6. The van der Waals surface area contributed by atoms with Gasteiger partial charge < -0.3 is 15.0 Å². The summed E-state index contributed by atoms with van der Waals surface area (Å²) in [6, 6.07) is 8.93. The third-order valence-corrected chi connectivity index (χ3v) is 6.59. The maximum absolute atomic E-state index is 13.9. The molecule has 0 unspecified atom stereocenters. The fourth-order valence-corrected chi connectivity index (χ4v) is 4.32. The van der Waals surface area contributed by atoms with Gasteiger partial charge in [0.05, 0.1) is 24.7 Å². The van der Waals surface area contributed by atoms with Crippen molar-refractivity contribution in [3.05, 3.63) is 82.4 Å². The second kappa shape index (κ2) is 11.8. The number of halogens is 3. The van der Waals surface area contributed by atoms with Crippen molar-refractivity contribution in [1.29, 1.82) is 0 Å². The Balaban J connectivity index is 1.49. The first kappa shape index (κ1) is 27.4. The summed E-state index contributed by atoms with van der Waals surface area (Å²) in [5.74, 6) is 5.54.